The van der Waals surface area contributed by atoms with Crippen molar-refractivity contribution in [1.29, 1.82) is 0 Å². The Morgan fingerprint density at radius 1 is 1.21 bits per heavy atom. The number of ether oxygens (including phenoxy) is 1. The van der Waals surface area contributed by atoms with Crippen LogP contribution in [0.15, 0.2) is 0 Å². The molecule has 2 N–H and O–H groups in total. The van der Waals surface area contributed by atoms with Gasteiger partial charge in [0.1, 0.15) is 0 Å². The Balaban J connectivity index is 2.20. The highest BCUT2D eigenvalue weighted by atomic mass is 16.5. The average Bonchev–Trinajstić information content (AvgIpc) is 2.43. The molecule has 5 nitrogen and oxygen atoms in total. The summed E-state index contributed by atoms with van der Waals surface area (Å²) in [6.07, 6.45) is 0.956. The van der Waals surface area contributed by atoms with Gasteiger partial charge in [-0.3, -0.25) is 0 Å². The third-order valence-electron chi connectivity index (χ3n) is 3.66. The van der Waals surface area contributed by atoms with E-state index in [2.05, 4.69) is 35.6 Å². The molecule has 1 unspecified atom stereocenters. The number of nitrogens with two attached hydrogens (primary N) is 1. The SMILES string of the molecule is Cc1nc(N2CCOCC2)nc(C)c1CC(C)CN. The van der Waals surface area contributed by atoms with E-state index in [0.29, 0.717) is 12.5 Å². The number of aryl methyl sites for hydroxylation is 2. The van der Waals surface area contributed by atoms with Crippen molar-refractivity contribution in [3.8, 4) is 0 Å². The van der Waals surface area contributed by atoms with E-state index < -0.39 is 0 Å². The summed E-state index contributed by atoms with van der Waals surface area (Å²) >= 11 is 0. The van der Waals surface area contributed by atoms with Gasteiger partial charge in [-0.2, -0.15) is 0 Å². The van der Waals surface area contributed by atoms with Crippen LogP contribution in [0.1, 0.15) is 23.9 Å². The van der Waals surface area contributed by atoms with E-state index in [9.17, 15) is 0 Å². The van der Waals surface area contributed by atoms with E-state index in [1.54, 1.807) is 0 Å². The summed E-state index contributed by atoms with van der Waals surface area (Å²) in [5.41, 5.74) is 9.11. The van der Waals surface area contributed by atoms with Crippen LogP contribution in [0.3, 0.4) is 0 Å². The molecule has 0 aromatic carbocycles. The lowest BCUT2D eigenvalue weighted by atomic mass is 9.99. The number of morpholine rings is 1. The second kappa shape index (κ2) is 6.30. The summed E-state index contributed by atoms with van der Waals surface area (Å²) in [5.74, 6) is 1.30. The van der Waals surface area contributed by atoms with Crippen LogP contribution >= 0.6 is 0 Å². The molecule has 1 atom stereocenters. The van der Waals surface area contributed by atoms with E-state index in [4.69, 9.17) is 10.5 Å². The van der Waals surface area contributed by atoms with E-state index >= 15 is 0 Å². The molecular weight excluding hydrogens is 240 g/mol. The summed E-state index contributed by atoms with van der Waals surface area (Å²) in [4.78, 5) is 11.5. The van der Waals surface area contributed by atoms with Gasteiger partial charge in [0.25, 0.3) is 0 Å². The summed E-state index contributed by atoms with van der Waals surface area (Å²) in [5, 5.41) is 0. The molecule has 1 aromatic rings. The van der Waals surface area contributed by atoms with Crippen LogP contribution in [0.2, 0.25) is 0 Å². The number of aromatic nitrogens is 2. The van der Waals surface area contributed by atoms with Crippen molar-refractivity contribution in [2.75, 3.05) is 37.7 Å². The van der Waals surface area contributed by atoms with Gasteiger partial charge >= 0.3 is 0 Å². The highest BCUT2D eigenvalue weighted by Gasteiger charge is 2.17. The maximum absolute atomic E-state index is 5.70. The van der Waals surface area contributed by atoms with Gasteiger partial charge in [0.05, 0.1) is 13.2 Å². The Hall–Kier alpha value is -1.20. The van der Waals surface area contributed by atoms with Crippen molar-refractivity contribution >= 4 is 5.95 Å². The van der Waals surface area contributed by atoms with Crippen LogP contribution in [0, 0.1) is 19.8 Å². The topological polar surface area (TPSA) is 64.3 Å². The van der Waals surface area contributed by atoms with Crippen molar-refractivity contribution in [1.82, 2.24) is 9.97 Å². The van der Waals surface area contributed by atoms with Crippen LogP contribution in [0.4, 0.5) is 5.95 Å². The minimum absolute atomic E-state index is 0.468. The number of hydrogen-bond donors (Lipinski definition) is 1. The van der Waals surface area contributed by atoms with Gasteiger partial charge in [0, 0.05) is 24.5 Å². The number of nitrogens with zero attached hydrogens (tertiary/aromatic N) is 3. The van der Waals surface area contributed by atoms with Crippen LogP contribution in [0.5, 0.6) is 0 Å². The fourth-order valence-corrected chi connectivity index (χ4v) is 2.35. The summed E-state index contributed by atoms with van der Waals surface area (Å²) in [6.45, 7) is 10.3. The van der Waals surface area contributed by atoms with Gasteiger partial charge in [-0.1, -0.05) is 6.92 Å². The van der Waals surface area contributed by atoms with Gasteiger partial charge in [-0.15, -0.1) is 0 Å². The molecule has 1 aromatic heterocycles. The summed E-state index contributed by atoms with van der Waals surface area (Å²) in [6, 6.07) is 0. The predicted octanol–water partition coefficient (Wildman–Crippen LogP) is 1.07. The molecule has 106 valence electrons. The van der Waals surface area contributed by atoms with Gasteiger partial charge in [0.15, 0.2) is 0 Å². The molecule has 0 bridgehead atoms. The van der Waals surface area contributed by atoms with Crippen LogP contribution in [-0.2, 0) is 11.2 Å². The smallest absolute Gasteiger partial charge is 0.225 e. The van der Waals surface area contributed by atoms with E-state index in [1.807, 2.05) is 0 Å². The lowest BCUT2D eigenvalue weighted by molar-refractivity contribution is 0.122. The Morgan fingerprint density at radius 2 is 1.79 bits per heavy atom. The van der Waals surface area contributed by atoms with Crippen molar-refractivity contribution in [3.05, 3.63) is 17.0 Å². The monoisotopic (exact) mass is 264 g/mol. The van der Waals surface area contributed by atoms with Crippen molar-refractivity contribution < 1.29 is 4.74 Å². The van der Waals surface area contributed by atoms with Crippen LogP contribution < -0.4 is 10.6 Å². The Morgan fingerprint density at radius 3 is 2.32 bits per heavy atom. The zero-order chi connectivity index (χ0) is 13.8. The van der Waals surface area contributed by atoms with Gasteiger partial charge in [-0.25, -0.2) is 9.97 Å². The Labute approximate surface area is 115 Å². The fourth-order valence-electron chi connectivity index (χ4n) is 2.35. The first-order valence-electron chi connectivity index (χ1n) is 6.98. The Bertz CT molecular complexity index is 406. The minimum atomic E-state index is 0.468. The second-order valence-electron chi connectivity index (χ2n) is 5.32. The van der Waals surface area contributed by atoms with Crippen molar-refractivity contribution in [3.63, 3.8) is 0 Å². The van der Waals surface area contributed by atoms with E-state index in [0.717, 1.165) is 50.1 Å². The van der Waals surface area contributed by atoms with Crippen molar-refractivity contribution in [2.45, 2.75) is 27.2 Å². The van der Waals surface area contributed by atoms with Crippen LogP contribution in [-0.4, -0.2) is 42.8 Å². The first kappa shape index (κ1) is 14.2. The lowest BCUT2D eigenvalue weighted by Crippen LogP contribution is -2.37. The molecule has 1 aliphatic heterocycles. The second-order valence-corrected chi connectivity index (χ2v) is 5.32. The van der Waals surface area contributed by atoms with Crippen LogP contribution in [0.25, 0.3) is 0 Å². The molecule has 1 aliphatic rings. The third-order valence-corrected chi connectivity index (χ3v) is 3.66. The van der Waals surface area contributed by atoms with E-state index in [1.165, 1.54) is 5.56 Å². The molecule has 0 saturated carbocycles. The number of anilines is 1. The highest BCUT2D eigenvalue weighted by Crippen LogP contribution is 2.19. The van der Waals surface area contributed by atoms with Gasteiger partial charge in [0.2, 0.25) is 5.95 Å². The minimum Gasteiger partial charge on any atom is -0.378 e. The normalized spacial score (nSPS) is 17.6. The molecule has 0 spiro atoms. The molecule has 1 fully saturated rings. The van der Waals surface area contributed by atoms with E-state index in [-0.39, 0.29) is 0 Å². The highest BCUT2D eigenvalue weighted by molar-refractivity contribution is 5.37. The molecular formula is C14H24N4O. The van der Waals surface area contributed by atoms with Gasteiger partial charge < -0.3 is 15.4 Å². The molecule has 5 heteroatoms. The molecule has 1 saturated heterocycles. The standard InChI is InChI=1S/C14H24N4O/c1-10(9-15)8-13-11(2)16-14(17-12(13)3)18-4-6-19-7-5-18/h10H,4-9,15H2,1-3H3. The maximum atomic E-state index is 5.70. The quantitative estimate of drug-likeness (QED) is 0.881. The number of hydrogen-bond acceptors (Lipinski definition) is 5. The summed E-state index contributed by atoms with van der Waals surface area (Å²) in [7, 11) is 0. The third kappa shape index (κ3) is 3.42. The largest absolute Gasteiger partial charge is 0.378 e. The number of rotatable bonds is 4. The molecule has 0 aliphatic carbocycles. The zero-order valence-electron chi connectivity index (χ0n) is 12.1. The van der Waals surface area contributed by atoms with Gasteiger partial charge in [-0.05, 0) is 38.3 Å². The Kier molecular flexibility index (Phi) is 4.71. The molecule has 0 amide bonds. The molecule has 2 heterocycles. The zero-order valence-corrected chi connectivity index (χ0v) is 12.1. The first-order valence-corrected chi connectivity index (χ1v) is 6.98. The fraction of sp³-hybridized carbons (Fsp3) is 0.714. The average molecular weight is 264 g/mol. The lowest BCUT2D eigenvalue weighted by Gasteiger charge is -2.27. The first-order chi connectivity index (χ1) is 9.11. The molecule has 19 heavy (non-hydrogen) atoms. The predicted molar refractivity (Wildman–Crippen MR) is 76.5 cm³/mol. The molecule has 0 radical (unpaired) electrons. The maximum Gasteiger partial charge on any atom is 0.225 e. The molecule has 2 rings (SSSR count). The van der Waals surface area contributed by atoms with Crippen molar-refractivity contribution in [2.24, 2.45) is 11.7 Å². The summed E-state index contributed by atoms with van der Waals surface area (Å²) < 4.78 is 5.36.